The SMILES string of the molecule is COc1cc(CCN2CCN(N)CC2)ccc1C#N. The van der Waals surface area contributed by atoms with Gasteiger partial charge in [0.25, 0.3) is 0 Å². The average molecular weight is 260 g/mol. The fourth-order valence-corrected chi connectivity index (χ4v) is 2.26. The van der Waals surface area contributed by atoms with Gasteiger partial charge in [-0.2, -0.15) is 5.26 Å². The molecule has 1 heterocycles. The fourth-order valence-electron chi connectivity index (χ4n) is 2.26. The Balaban J connectivity index is 1.91. The molecule has 0 radical (unpaired) electrons. The highest BCUT2D eigenvalue weighted by Gasteiger charge is 2.14. The van der Waals surface area contributed by atoms with Crippen molar-refractivity contribution in [2.24, 2.45) is 5.84 Å². The average Bonchev–Trinajstić information content (AvgIpc) is 2.46. The summed E-state index contributed by atoms with van der Waals surface area (Å²) < 4.78 is 5.22. The van der Waals surface area contributed by atoms with Gasteiger partial charge < -0.3 is 9.64 Å². The number of ether oxygens (including phenoxy) is 1. The molecule has 0 aliphatic carbocycles. The van der Waals surface area contributed by atoms with Gasteiger partial charge >= 0.3 is 0 Å². The van der Waals surface area contributed by atoms with Crippen LogP contribution in [0.5, 0.6) is 5.75 Å². The predicted octanol–water partition coefficient (Wildman–Crippen LogP) is 0.601. The van der Waals surface area contributed by atoms with Crippen molar-refractivity contribution in [3.8, 4) is 11.8 Å². The summed E-state index contributed by atoms with van der Waals surface area (Å²) in [5.74, 6) is 6.39. The summed E-state index contributed by atoms with van der Waals surface area (Å²) in [5, 5.41) is 10.8. The molecule has 1 aromatic rings. The maximum atomic E-state index is 8.94. The van der Waals surface area contributed by atoms with Gasteiger partial charge in [0.05, 0.1) is 12.7 Å². The van der Waals surface area contributed by atoms with Gasteiger partial charge in [0.2, 0.25) is 0 Å². The Kier molecular flexibility index (Phi) is 4.74. The fraction of sp³-hybridized carbons (Fsp3) is 0.500. The van der Waals surface area contributed by atoms with E-state index in [1.165, 1.54) is 5.56 Å². The summed E-state index contributed by atoms with van der Waals surface area (Å²) in [5.41, 5.74) is 1.79. The van der Waals surface area contributed by atoms with Gasteiger partial charge in [-0.15, -0.1) is 0 Å². The molecule has 5 heteroatoms. The van der Waals surface area contributed by atoms with E-state index in [0.29, 0.717) is 11.3 Å². The molecule has 5 nitrogen and oxygen atoms in total. The summed E-state index contributed by atoms with van der Waals surface area (Å²) in [4.78, 5) is 2.41. The number of hydrazine groups is 1. The quantitative estimate of drug-likeness (QED) is 0.803. The summed E-state index contributed by atoms with van der Waals surface area (Å²) in [6.45, 7) is 4.91. The van der Waals surface area contributed by atoms with E-state index in [9.17, 15) is 0 Å². The molecular formula is C14H20N4O. The number of hydrogen-bond acceptors (Lipinski definition) is 5. The molecule has 1 saturated heterocycles. The van der Waals surface area contributed by atoms with Gasteiger partial charge in [0.15, 0.2) is 0 Å². The first-order valence-electron chi connectivity index (χ1n) is 6.52. The normalized spacial score (nSPS) is 17.1. The molecule has 1 fully saturated rings. The van der Waals surface area contributed by atoms with E-state index in [1.807, 2.05) is 23.2 Å². The number of methoxy groups -OCH3 is 1. The first kappa shape index (κ1) is 13.8. The zero-order chi connectivity index (χ0) is 13.7. The number of rotatable bonds is 4. The third-order valence-electron chi connectivity index (χ3n) is 3.51. The van der Waals surface area contributed by atoms with Crippen LogP contribution in [0, 0.1) is 11.3 Å². The molecule has 19 heavy (non-hydrogen) atoms. The molecule has 0 aromatic heterocycles. The highest BCUT2D eigenvalue weighted by atomic mass is 16.5. The lowest BCUT2D eigenvalue weighted by molar-refractivity contribution is 0.135. The van der Waals surface area contributed by atoms with E-state index in [4.69, 9.17) is 15.8 Å². The second-order valence-corrected chi connectivity index (χ2v) is 4.77. The van der Waals surface area contributed by atoms with Crippen LogP contribution in [0.4, 0.5) is 0 Å². The molecular weight excluding hydrogens is 240 g/mol. The molecule has 0 unspecified atom stereocenters. The number of piperazine rings is 1. The van der Waals surface area contributed by atoms with E-state index in [0.717, 1.165) is 39.1 Å². The van der Waals surface area contributed by atoms with E-state index < -0.39 is 0 Å². The van der Waals surface area contributed by atoms with E-state index >= 15 is 0 Å². The molecule has 0 atom stereocenters. The molecule has 0 spiro atoms. The van der Waals surface area contributed by atoms with Gasteiger partial charge in [0.1, 0.15) is 11.8 Å². The third kappa shape index (κ3) is 3.67. The van der Waals surface area contributed by atoms with Crippen LogP contribution < -0.4 is 10.6 Å². The second-order valence-electron chi connectivity index (χ2n) is 4.77. The number of benzene rings is 1. The topological polar surface area (TPSA) is 65.5 Å². The molecule has 0 bridgehead atoms. The Morgan fingerprint density at radius 3 is 2.68 bits per heavy atom. The minimum absolute atomic E-state index is 0.586. The summed E-state index contributed by atoms with van der Waals surface area (Å²) in [6, 6.07) is 7.91. The smallest absolute Gasteiger partial charge is 0.136 e. The molecule has 0 saturated carbocycles. The maximum absolute atomic E-state index is 8.94. The number of nitrogens with two attached hydrogens (primary N) is 1. The van der Waals surface area contributed by atoms with E-state index in [-0.39, 0.29) is 0 Å². The van der Waals surface area contributed by atoms with Gasteiger partial charge in [-0.3, -0.25) is 5.84 Å². The molecule has 1 aliphatic heterocycles. The van der Waals surface area contributed by atoms with Crippen LogP contribution in [0.2, 0.25) is 0 Å². The molecule has 2 N–H and O–H groups in total. The lowest BCUT2D eigenvalue weighted by atomic mass is 10.1. The van der Waals surface area contributed by atoms with Crippen molar-refractivity contribution in [2.75, 3.05) is 39.8 Å². The van der Waals surface area contributed by atoms with Crippen molar-refractivity contribution >= 4 is 0 Å². The number of nitriles is 1. The minimum Gasteiger partial charge on any atom is -0.495 e. The number of nitrogens with zero attached hydrogens (tertiary/aromatic N) is 3. The van der Waals surface area contributed by atoms with Crippen molar-refractivity contribution in [1.82, 2.24) is 9.91 Å². The highest BCUT2D eigenvalue weighted by molar-refractivity contribution is 5.45. The molecule has 1 aliphatic rings. The van der Waals surface area contributed by atoms with E-state index in [1.54, 1.807) is 7.11 Å². The Hall–Kier alpha value is -1.61. The highest BCUT2D eigenvalue weighted by Crippen LogP contribution is 2.19. The van der Waals surface area contributed by atoms with Crippen LogP contribution in [0.25, 0.3) is 0 Å². The van der Waals surface area contributed by atoms with Crippen LogP contribution in [0.15, 0.2) is 18.2 Å². The summed E-state index contributed by atoms with van der Waals surface area (Å²) in [6.07, 6.45) is 0.965. The predicted molar refractivity (Wildman–Crippen MR) is 73.6 cm³/mol. The first-order chi connectivity index (χ1) is 9.22. The van der Waals surface area contributed by atoms with Gasteiger partial charge in [-0.1, -0.05) is 6.07 Å². The Morgan fingerprint density at radius 1 is 1.32 bits per heavy atom. The van der Waals surface area contributed by atoms with Crippen LogP contribution in [0.3, 0.4) is 0 Å². The monoisotopic (exact) mass is 260 g/mol. The lowest BCUT2D eigenvalue weighted by Crippen LogP contribution is -2.49. The first-order valence-corrected chi connectivity index (χ1v) is 6.52. The van der Waals surface area contributed by atoms with Crippen LogP contribution in [-0.2, 0) is 6.42 Å². The minimum atomic E-state index is 0.586. The maximum Gasteiger partial charge on any atom is 0.136 e. The van der Waals surface area contributed by atoms with Gasteiger partial charge in [0, 0.05) is 32.7 Å². The zero-order valence-electron chi connectivity index (χ0n) is 11.3. The van der Waals surface area contributed by atoms with Crippen molar-refractivity contribution in [2.45, 2.75) is 6.42 Å². The zero-order valence-corrected chi connectivity index (χ0v) is 11.3. The van der Waals surface area contributed by atoms with Crippen LogP contribution in [-0.4, -0.2) is 49.7 Å². The van der Waals surface area contributed by atoms with Crippen molar-refractivity contribution in [1.29, 1.82) is 5.26 Å². The second kappa shape index (κ2) is 6.53. The summed E-state index contributed by atoms with van der Waals surface area (Å²) >= 11 is 0. The Labute approximate surface area is 114 Å². The largest absolute Gasteiger partial charge is 0.495 e. The molecule has 102 valence electrons. The van der Waals surface area contributed by atoms with Crippen molar-refractivity contribution < 1.29 is 4.74 Å². The Morgan fingerprint density at radius 2 is 2.05 bits per heavy atom. The lowest BCUT2D eigenvalue weighted by Gasteiger charge is -2.31. The van der Waals surface area contributed by atoms with Gasteiger partial charge in [-0.25, -0.2) is 5.01 Å². The summed E-state index contributed by atoms with van der Waals surface area (Å²) in [7, 11) is 1.60. The molecule has 1 aromatic carbocycles. The number of hydrogen-bond donors (Lipinski definition) is 1. The Bertz CT molecular complexity index is 461. The van der Waals surface area contributed by atoms with Crippen molar-refractivity contribution in [3.05, 3.63) is 29.3 Å². The standard InChI is InChI=1S/C14H20N4O/c1-19-14-10-12(2-3-13(14)11-15)4-5-17-6-8-18(16)9-7-17/h2-3,10H,4-9,16H2,1H3. The van der Waals surface area contributed by atoms with Crippen LogP contribution >= 0.6 is 0 Å². The molecule has 0 amide bonds. The molecule has 2 rings (SSSR count). The third-order valence-corrected chi connectivity index (χ3v) is 3.51. The van der Waals surface area contributed by atoms with Gasteiger partial charge in [-0.05, 0) is 24.1 Å². The van der Waals surface area contributed by atoms with E-state index in [2.05, 4.69) is 11.0 Å². The van der Waals surface area contributed by atoms with Crippen LogP contribution in [0.1, 0.15) is 11.1 Å². The van der Waals surface area contributed by atoms with Crippen molar-refractivity contribution in [3.63, 3.8) is 0 Å².